The minimum absolute atomic E-state index is 0.418. The maximum atomic E-state index is 4.51. The molecule has 0 fully saturated rings. The smallest absolute Gasteiger partial charge is 0.244 e. The second-order valence-corrected chi connectivity index (χ2v) is 6.19. The summed E-state index contributed by atoms with van der Waals surface area (Å²) in [6.07, 6.45) is 5.16. The molecule has 0 saturated heterocycles. The lowest BCUT2D eigenvalue weighted by Crippen LogP contribution is -2.07. The van der Waals surface area contributed by atoms with Gasteiger partial charge < -0.3 is 10.6 Å². The van der Waals surface area contributed by atoms with Crippen molar-refractivity contribution in [3.63, 3.8) is 0 Å². The Morgan fingerprint density at radius 2 is 1.88 bits per heavy atom. The summed E-state index contributed by atoms with van der Waals surface area (Å²) in [5, 5.41) is 14.7. The average Bonchev–Trinajstić information content (AvgIpc) is 2.63. The number of hydrogen-bond acceptors (Lipinski definition) is 6. The fraction of sp³-hybridized carbons (Fsp3) is 0.263. The van der Waals surface area contributed by atoms with Crippen molar-refractivity contribution in [2.75, 3.05) is 10.6 Å². The summed E-state index contributed by atoms with van der Waals surface area (Å²) in [6.45, 7) is 7.07. The number of anilines is 3. The fourth-order valence-corrected chi connectivity index (χ4v) is 2.59. The molecule has 0 spiro atoms. The van der Waals surface area contributed by atoms with Crippen molar-refractivity contribution in [2.24, 2.45) is 0 Å². The third-order valence-corrected chi connectivity index (χ3v) is 3.94. The number of para-hydroxylation sites is 1. The molecule has 0 atom stereocenters. The van der Waals surface area contributed by atoms with Crippen molar-refractivity contribution in [3.8, 4) is 0 Å². The summed E-state index contributed by atoms with van der Waals surface area (Å²) in [7, 11) is 0. The molecule has 128 valence electrons. The highest BCUT2D eigenvalue weighted by Crippen LogP contribution is 2.29. The van der Waals surface area contributed by atoms with E-state index in [4.69, 9.17) is 0 Å². The highest BCUT2D eigenvalue weighted by molar-refractivity contribution is 5.65. The number of hydrogen-bond donors (Lipinski definition) is 2. The van der Waals surface area contributed by atoms with Crippen molar-refractivity contribution in [1.82, 2.24) is 20.2 Å². The van der Waals surface area contributed by atoms with Gasteiger partial charge in [-0.1, -0.05) is 32.0 Å². The Morgan fingerprint density at radius 3 is 2.64 bits per heavy atom. The molecule has 0 unspecified atom stereocenters. The van der Waals surface area contributed by atoms with Crippen LogP contribution in [0.3, 0.4) is 0 Å². The van der Waals surface area contributed by atoms with Gasteiger partial charge in [0.2, 0.25) is 5.95 Å². The minimum Gasteiger partial charge on any atom is -0.349 e. The zero-order valence-corrected chi connectivity index (χ0v) is 14.7. The first kappa shape index (κ1) is 16.8. The predicted octanol–water partition coefficient (Wildman–Crippen LogP) is 4.05. The molecule has 0 aliphatic heterocycles. The molecule has 0 radical (unpaired) electrons. The van der Waals surface area contributed by atoms with Crippen molar-refractivity contribution < 1.29 is 0 Å². The molecule has 0 aliphatic rings. The van der Waals surface area contributed by atoms with E-state index in [1.165, 1.54) is 11.1 Å². The van der Waals surface area contributed by atoms with Gasteiger partial charge in [-0.2, -0.15) is 10.1 Å². The highest BCUT2D eigenvalue weighted by Gasteiger charge is 2.10. The molecule has 2 heterocycles. The molecule has 6 nitrogen and oxygen atoms in total. The van der Waals surface area contributed by atoms with E-state index < -0.39 is 0 Å². The summed E-state index contributed by atoms with van der Waals surface area (Å²) in [5.74, 6) is 1.58. The van der Waals surface area contributed by atoms with Crippen LogP contribution in [-0.4, -0.2) is 20.2 Å². The van der Waals surface area contributed by atoms with Gasteiger partial charge in [0.15, 0.2) is 5.82 Å². The largest absolute Gasteiger partial charge is 0.349 e. The first-order chi connectivity index (χ1) is 12.1. The summed E-state index contributed by atoms with van der Waals surface area (Å²) in [4.78, 5) is 8.52. The van der Waals surface area contributed by atoms with Crippen molar-refractivity contribution >= 4 is 17.5 Å². The zero-order valence-electron chi connectivity index (χ0n) is 14.7. The third kappa shape index (κ3) is 4.29. The number of nitrogens with zero attached hydrogens (tertiary/aromatic N) is 4. The van der Waals surface area contributed by atoms with Crippen molar-refractivity contribution in [2.45, 2.75) is 33.2 Å². The molecule has 0 saturated carbocycles. The van der Waals surface area contributed by atoms with Crippen LogP contribution in [0.25, 0.3) is 0 Å². The average molecular weight is 334 g/mol. The number of aryl methyl sites for hydroxylation is 1. The van der Waals surface area contributed by atoms with Gasteiger partial charge in [-0.15, -0.1) is 5.10 Å². The monoisotopic (exact) mass is 334 g/mol. The van der Waals surface area contributed by atoms with Gasteiger partial charge in [0.05, 0.1) is 6.20 Å². The van der Waals surface area contributed by atoms with Gasteiger partial charge in [0, 0.05) is 24.6 Å². The van der Waals surface area contributed by atoms with E-state index in [2.05, 4.69) is 69.8 Å². The Labute approximate surface area is 147 Å². The van der Waals surface area contributed by atoms with Crippen molar-refractivity contribution in [3.05, 3.63) is 65.6 Å². The summed E-state index contributed by atoms with van der Waals surface area (Å²) >= 11 is 0. The van der Waals surface area contributed by atoms with E-state index in [-0.39, 0.29) is 0 Å². The molecule has 0 bridgehead atoms. The Balaban J connectivity index is 1.76. The van der Waals surface area contributed by atoms with Gasteiger partial charge in [-0.05, 0) is 41.7 Å². The number of benzene rings is 1. The van der Waals surface area contributed by atoms with E-state index in [1.54, 1.807) is 18.6 Å². The Bertz CT molecular complexity index is 832. The summed E-state index contributed by atoms with van der Waals surface area (Å²) < 4.78 is 0. The first-order valence-corrected chi connectivity index (χ1v) is 8.32. The van der Waals surface area contributed by atoms with Crippen LogP contribution in [0, 0.1) is 6.92 Å². The lowest BCUT2D eigenvalue weighted by Gasteiger charge is -2.16. The molecule has 6 heteroatoms. The van der Waals surface area contributed by atoms with Crippen LogP contribution in [0.4, 0.5) is 17.5 Å². The van der Waals surface area contributed by atoms with E-state index >= 15 is 0 Å². The molecular weight excluding hydrogens is 312 g/mol. The molecule has 2 N–H and O–H groups in total. The summed E-state index contributed by atoms with van der Waals surface area (Å²) in [5.41, 5.74) is 4.62. The van der Waals surface area contributed by atoms with E-state index in [0.29, 0.717) is 24.2 Å². The Morgan fingerprint density at radius 1 is 1.08 bits per heavy atom. The van der Waals surface area contributed by atoms with Crippen LogP contribution in [-0.2, 0) is 6.54 Å². The SMILES string of the molecule is Cc1cccc(C(C)C)c1Nc1cnnc(NCc2ccncc2)n1. The number of aromatic nitrogens is 4. The van der Waals surface area contributed by atoms with Gasteiger partial charge in [-0.25, -0.2) is 0 Å². The second-order valence-electron chi connectivity index (χ2n) is 6.19. The normalized spacial score (nSPS) is 10.7. The van der Waals surface area contributed by atoms with Crippen LogP contribution in [0.15, 0.2) is 48.9 Å². The maximum absolute atomic E-state index is 4.51. The molecule has 3 rings (SSSR count). The van der Waals surface area contributed by atoms with Crippen LogP contribution in [0.1, 0.15) is 36.5 Å². The molecule has 0 aliphatic carbocycles. The topological polar surface area (TPSA) is 75.6 Å². The van der Waals surface area contributed by atoms with Gasteiger partial charge in [-0.3, -0.25) is 4.98 Å². The zero-order chi connectivity index (χ0) is 17.6. The quantitative estimate of drug-likeness (QED) is 0.708. The standard InChI is InChI=1S/C19H22N6/c1-13(2)16-6-4-5-14(3)18(16)23-17-12-22-25-19(24-17)21-11-15-7-9-20-10-8-15/h4-10,12-13H,11H2,1-3H3,(H2,21,23,24,25). The van der Waals surface area contributed by atoms with E-state index in [1.807, 2.05) is 12.1 Å². The molecule has 3 aromatic rings. The van der Waals surface area contributed by atoms with Gasteiger partial charge >= 0.3 is 0 Å². The van der Waals surface area contributed by atoms with Crippen LogP contribution in [0.2, 0.25) is 0 Å². The van der Waals surface area contributed by atoms with Gasteiger partial charge in [0.25, 0.3) is 0 Å². The predicted molar refractivity (Wildman–Crippen MR) is 99.9 cm³/mol. The lowest BCUT2D eigenvalue weighted by molar-refractivity contribution is 0.866. The first-order valence-electron chi connectivity index (χ1n) is 8.32. The van der Waals surface area contributed by atoms with Crippen LogP contribution >= 0.6 is 0 Å². The van der Waals surface area contributed by atoms with Crippen LogP contribution < -0.4 is 10.6 Å². The lowest BCUT2D eigenvalue weighted by atomic mass is 9.98. The molecule has 25 heavy (non-hydrogen) atoms. The maximum Gasteiger partial charge on any atom is 0.244 e. The molecule has 2 aromatic heterocycles. The number of pyridine rings is 1. The number of nitrogens with one attached hydrogen (secondary N) is 2. The van der Waals surface area contributed by atoms with E-state index in [9.17, 15) is 0 Å². The van der Waals surface area contributed by atoms with Crippen molar-refractivity contribution in [1.29, 1.82) is 0 Å². The Hall–Kier alpha value is -3.02. The molecule has 1 aromatic carbocycles. The van der Waals surface area contributed by atoms with E-state index in [0.717, 1.165) is 11.3 Å². The van der Waals surface area contributed by atoms with Crippen LogP contribution in [0.5, 0.6) is 0 Å². The highest BCUT2D eigenvalue weighted by atomic mass is 15.3. The summed E-state index contributed by atoms with van der Waals surface area (Å²) in [6, 6.07) is 10.2. The van der Waals surface area contributed by atoms with Gasteiger partial charge in [0.1, 0.15) is 0 Å². The molecule has 0 amide bonds. The fourth-order valence-electron chi connectivity index (χ4n) is 2.59. The Kier molecular flexibility index (Phi) is 5.18. The minimum atomic E-state index is 0.418. The second kappa shape index (κ2) is 7.70. The third-order valence-electron chi connectivity index (χ3n) is 3.94. The number of rotatable bonds is 6. The molecular formula is C19H22N6.